The van der Waals surface area contributed by atoms with Crippen LogP contribution in [0.1, 0.15) is 30.3 Å². The lowest BCUT2D eigenvalue weighted by atomic mass is 10.2. The molecule has 0 amide bonds. The fourth-order valence-electron chi connectivity index (χ4n) is 2.97. The van der Waals surface area contributed by atoms with Crippen LogP contribution in [0.2, 0.25) is 0 Å². The molecular weight excluding hydrogens is 336 g/mol. The van der Waals surface area contributed by atoms with Gasteiger partial charge in [-0.05, 0) is 31.9 Å². The molecule has 1 atom stereocenters. The number of rotatable bonds is 3. The van der Waals surface area contributed by atoms with Crippen molar-refractivity contribution in [2.24, 2.45) is 0 Å². The molecule has 9 heteroatoms. The molecular formula is C14H14N4O3S2. The summed E-state index contributed by atoms with van der Waals surface area (Å²) in [6.07, 6.45) is 1.51. The zero-order valence-electron chi connectivity index (χ0n) is 12.3. The Morgan fingerprint density at radius 3 is 3.00 bits per heavy atom. The van der Waals surface area contributed by atoms with Crippen molar-refractivity contribution in [2.75, 3.05) is 6.54 Å². The number of nitrogens with zero attached hydrogens (tertiary/aromatic N) is 4. The first-order valence-corrected chi connectivity index (χ1v) is 9.41. The minimum Gasteiger partial charge on any atom is -0.359 e. The molecule has 23 heavy (non-hydrogen) atoms. The maximum Gasteiger partial charge on any atom is 0.246 e. The van der Waals surface area contributed by atoms with Crippen LogP contribution in [0.3, 0.4) is 0 Å². The lowest BCUT2D eigenvalue weighted by molar-refractivity contribution is 0.297. The van der Waals surface area contributed by atoms with E-state index in [-0.39, 0.29) is 10.9 Å². The average molecular weight is 350 g/mol. The second-order valence-electron chi connectivity index (χ2n) is 5.53. The van der Waals surface area contributed by atoms with Crippen LogP contribution in [-0.4, -0.2) is 33.2 Å². The van der Waals surface area contributed by atoms with Crippen LogP contribution < -0.4 is 0 Å². The molecule has 0 bridgehead atoms. The second kappa shape index (κ2) is 5.36. The van der Waals surface area contributed by atoms with Gasteiger partial charge in [0.05, 0.1) is 23.5 Å². The van der Waals surface area contributed by atoms with Crippen LogP contribution in [-0.2, 0) is 10.0 Å². The highest BCUT2D eigenvalue weighted by atomic mass is 32.2. The van der Waals surface area contributed by atoms with E-state index in [9.17, 15) is 8.42 Å². The third-order valence-electron chi connectivity index (χ3n) is 4.01. The lowest BCUT2D eigenvalue weighted by Crippen LogP contribution is -2.30. The van der Waals surface area contributed by atoms with Gasteiger partial charge < -0.3 is 4.52 Å². The van der Waals surface area contributed by atoms with Gasteiger partial charge in [-0.25, -0.2) is 8.42 Å². The normalized spacial score (nSPS) is 19.6. The predicted molar refractivity (Wildman–Crippen MR) is 84.5 cm³/mol. The molecule has 3 aromatic rings. The van der Waals surface area contributed by atoms with Gasteiger partial charge in [-0.3, -0.25) is 0 Å². The summed E-state index contributed by atoms with van der Waals surface area (Å²) in [4.78, 5) is 0.201. The lowest BCUT2D eigenvalue weighted by Gasteiger charge is -2.22. The summed E-state index contributed by atoms with van der Waals surface area (Å²) < 4.78 is 41.3. The molecule has 0 N–H and O–H groups in total. The van der Waals surface area contributed by atoms with Crippen molar-refractivity contribution in [3.63, 3.8) is 0 Å². The van der Waals surface area contributed by atoms with Gasteiger partial charge in [-0.2, -0.15) is 13.1 Å². The SMILES string of the molecule is Cc1cc([C@@H]2CCCN2S(=O)(=O)c2cccc3nsnc23)on1. The summed E-state index contributed by atoms with van der Waals surface area (Å²) in [6, 6.07) is 6.52. The number of aromatic nitrogens is 3. The quantitative estimate of drug-likeness (QED) is 0.721. The van der Waals surface area contributed by atoms with Crippen molar-refractivity contribution >= 4 is 32.8 Å². The van der Waals surface area contributed by atoms with E-state index in [1.165, 1.54) is 4.31 Å². The minimum atomic E-state index is -3.67. The Kier molecular flexibility index (Phi) is 3.43. The summed E-state index contributed by atoms with van der Waals surface area (Å²) in [5, 5.41) is 3.87. The second-order valence-corrected chi connectivity index (χ2v) is 7.92. The highest BCUT2D eigenvalue weighted by Crippen LogP contribution is 2.38. The van der Waals surface area contributed by atoms with Crippen LogP contribution in [0.4, 0.5) is 0 Å². The van der Waals surface area contributed by atoms with Gasteiger partial charge in [0.2, 0.25) is 10.0 Å². The van der Waals surface area contributed by atoms with Crippen molar-refractivity contribution < 1.29 is 12.9 Å². The Labute approximate surface area is 137 Å². The van der Waals surface area contributed by atoms with Crippen LogP contribution >= 0.6 is 11.7 Å². The predicted octanol–water partition coefficient (Wildman–Crippen LogP) is 2.51. The number of fused-ring (bicyclic) bond motifs is 1. The van der Waals surface area contributed by atoms with E-state index >= 15 is 0 Å². The fourth-order valence-corrected chi connectivity index (χ4v) is 5.39. The molecule has 1 fully saturated rings. The molecule has 4 rings (SSSR count). The van der Waals surface area contributed by atoms with Gasteiger partial charge in [0.15, 0.2) is 5.76 Å². The van der Waals surface area contributed by atoms with Crippen molar-refractivity contribution in [1.82, 2.24) is 18.2 Å². The van der Waals surface area contributed by atoms with Crippen molar-refractivity contribution in [3.05, 3.63) is 35.7 Å². The maximum atomic E-state index is 13.1. The Bertz CT molecular complexity index is 963. The molecule has 0 unspecified atom stereocenters. The van der Waals surface area contributed by atoms with E-state index in [0.29, 0.717) is 23.3 Å². The van der Waals surface area contributed by atoms with Gasteiger partial charge in [-0.1, -0.05) is 11.2 Å². The minimum absolute atomic E-state index is 0.201. The van der Waals surface area contributed by atoms with E-state index in [1.54, 1.807) is 24.3 Å². The third kappa shape index (κ3) is 2.35. The summed E-state index contributed by atoms with van der Waals surface area (Å²) >= 11 is 1.01. The molecule has 1 aromatic carbocycles. The van der Waals surface area contributed by atoms with Gasteiger partial charge in [-0.15, -0.1) is 0 Å². The fraction of sp³-hybridized carbons (Fsp3) is 0.357. The molecule has 2 aromatic heterocycles. The molecule has 120 valence electrons. The zero-order valence-corrected chi connectivity index (χ0v) is 14.0. The van der Waals surface area contributed by atoms with Crippen molar-refractivity contribution in [3.8, 4) is 0 Å². The molecule has 3 heterocycles. The van der Waals surface area contributed by atoms with E-state index in [4.69, 9.17) is 4.52 Å². The van der Waals surface area contributed by atoms with Gasteiger partial charge in [0, 0.05) is 12.6 Å². The zero-order chi connectivity index (χ0) is 16.0. The summed E-state index contributed by atoms with van der Waals surface area (Å²) in [5.41, 5.74) is 1.77. The molecule has 0 radical (unpaired) electrons. The monoisotopic (exact) mass is 350 g/mol. The molecule has 1 saturated heterocycles. The number of sulfonamides is 1. The molecule has 7 nitrogen and oxygen atoms in total. The smallest absolute Gasteiger partial charge is 0.246 e. The van der Waals surface area contributed by atoms with Gasteiger partial charge >= 0.3 is 0 Å². The molecule has 0 spiro atoms. The first-order chi connectivity index (χ1) is 11.1. The maximum absolute atomic E-state index is 13.1. The molecule has 1 aliphatic rings. The number of hydrogen-bond acceptors (Lipinski definition) is 7. The van der Waals surface area contributed by atoms with Crippen LogP contribution in [0.25, 0.3) is 11.0 Å². The van der Waals surface area contributed by atoms with E-state index in [1.807, 2.05) is 6.92 Å². The van der Waals surface area contributed by atoms with Gasteiger partial charge in [0.1, 0.15) is 15.9 Å². The van der Waals surface area contributed by atoms with E-state index in [2.05, 4.69) is 13.9 Å². The Morgan fingerprint density at radius 2 is 2.22 bits per heavy atom. The van der Waals surface area contributed by atoms with Crippen molar-refractivity contribution in [2.45, 2.75) is 30.7 Å². The van der Waals surface area contributed by atoms with Crippen LogP contribution in [0, 0.1) is 6.92 Å². The van der Waals surface area contributed by atoms with E-state index < -0.39 is 10.0 Å². The first-order valence-electron chi connectivity index (χ1n) is 7.24. The Hall–Kier alpha value is -1.84. The van der Waals surface area contributed by atoms with Crippen LogP contribution in [0.5, 0.6) is 0 Å². The first kappa shape index (κ1) is 14.7. The highest BCUT2D eigenvalue weighted by Gasteiger charge is 2.39. The number of benzene rings is 1. The van der Waals surface area contributed by atoms with Crippen molar-refractivity contribution in [1.29, 1.82) is 0 Å². The third-order valence-corrected chi connectivity index (χ3v) is 6.50. The van der Waals surface area contributed by atoms with E-state index in [0.717, 1.165) is 30.3 Å². The topological polar surface area (TPSA) is 89.2 Å². The summed E-state index contributed by atoms with van der Waals surface area (Å²) in [7, 11) is -3.67. The Morgan fingerprint density at radius 1 is 1.35 bits per heavy atom. The van der Waals surface area contributed by atoms with Crippen LogP contribution in [0.15, 0.2) is 33.7 Å². The van der Waals surface area contributed by atoms with Gasteiger partial charge in [0.25, 0.3) is 0 Å². The molecule has 0 aliphatic carbocycles. The number of aryl methyl sites for hydroxylation is 1. The summed E-state index contributed by atoms with van der Waals surface area (Å²) in [6.45, 7) is 2.28. The average Bonchev–Trinajstić information content (AvgIpc) is 3.25. The number of hydrogen-bond donors (Lipinski definition) is 0. The highest BCUT2D eigenvalue weighted by molar-refractivity contribution is 7.89. The standard InChI is InChI=1S/C14H14N4O3S2/c1-9-8-12(21-15-9)11-5-3-7-18(11)23(19,20)13-6-2-4-10-14(13)17-22-16-10/h2,4,6,8,11H,3,5,7H2,1H3/t11-/m0/s1. The molecule has 0 saturated carbocycles. The molecule has 1 aliphatic heterocycles. The summed E-state index contributed by atoms with van der Waals surface area (Å²) in [5.74, 6) is 0.590. The Balaban J connectivity index is 1.80. The largest absolute Gasteiger partial charge is 0.359 e.